The number of aromatic nitrogens is 1. The molecule has 1 N–H and O–H groups in total. The third-order valence-electron chi connectivity index (χ3n) is 4.54. The maximum Gasteiger partial charge on any atom is 0.257 e. The average molecular weight is 371 g/mol. The van der Waals surface area contributed by atoms with Crippen LogP contribution in [-0.4, -0.2) is 54.0 Å². The molecule has 1 atom stereocenters. The lowest BCUT2D eigenvalue weighted by Gasteiger charge is -2.25. The molecule has 0 aliphatic carbocycles. The van der Waals surface area contributed by atoms with Crippen molar-refractivity contribution in [3.63, 3.8) is 0 Å². The van der Waals surface area contributed by atoms with Crippen LogP contribution in [0.5, 0.6) is 0 Å². The van der Waals surface area contributed by atoms with E-state index in [2.05, 4.69) is 10.3 Å². The lowest BCUT2D eigenvalue weighted by molar-refractivity contribution is -0.121. The van der Waals surface area contributed by atoms with Gasteiger partial charge in [0.1, 0.15) is 6.26 Å². The Morgan fingerprint density at radius 3 is 2.93 bits per heavy atom. The number of pyridine rings is 1. The Hall–Kier alpha value is -2.67. The molecule has 144 valence electrons. The fourth-order valence-electron chi connectivity index (χ4n) is 3.08. The number of hydrogen-bond donors (Lipinski definition) is 1. The average Bonchev–Trinajstić information content (AvgIpc) is 3.39. The zero-order valence-corrected chi connectivity index (χ0v) is 15.3. The minimum absolute atomic E-state index is 0.0352. The molecule has 0 spiro atoms. The molecule has 7 nitrogen and oxygen atoms in total. The molecular weight excluding hydrogens is 346 g/mol. The zero-order chi connectivity index (χ0) is 18.9. The van der Waals surface area contributed by atoms with Gasteiger partial charge in [-0.2, -0.15) is 0 Å². The SMILES string of the molecule is O=C(CCN(CC1CCCO1)C(=O)c1ccoc1)NCCc1ccccn1. The van der Waals surface area contributed by atoms with Gasteiger partial charge in [-0.15, -0.1) is 0 Å². The number of amides is 2. The highest BCUT2D eigenvalue weighted by Gasteiger charge is 2.24. The lowest BCUT2D eigenvalue weighted by atomic mass is 10.2. The quantitative estimate of drug-likeness (QED) is 0.729. The van der Waals surface area contributed by atoms with Crippen LogP contribution in [0.3, 0.4) is 0 Å². The molecule has 0 saturated carbocycles. The number of ether oxygens (including phenoxy) is 1. The number of carbonyl (C=O) groups is 2. The maximum absolute atomic E-state index is 12.7. The van der Waals surface area contributed by atoms with Crippen molar-refractivity contribution in [2.45, 2.75) is 31.8 Å². The third kappa shape index (κ3) is 5.92. The molecule has 2 aromatic heterocycles. The van der Waals surface area contributed by atoms with Crippen molar-refractivity contribution < 1.29 is 18.7 Å². The monoisotopic (exact) mass is 371 g/mol. The highest BCUT2D eigenvalue weighted by Crippen LogP contribution is 2.15. The number of furan rings is 1. The molecule has 2 aromatic rings. The summed E-state index contributed by atoms with van der Waals surface area (Å²) in [7, 11) is 0. The van der Waals surface area contributed by atoms with Gasteiger partial charge in [-0.1, -0.05) is 6.07 Å². The summed E-state index contributed by atoms with van der Waals surface area (Å²) in [6.07, 6.45) is 7.55. The van der Waals surface area contributed by atoms with Crippen molar-refractivity contribution in [2.24, 2.45) is 0 Å². The fraction of sp³-hybridized carbons (Fsp3) is 0.450. The van der Waals surface area contributed by atoms with Gasteiger partial charge in [0, 0.05) is 51.0 Å². The number of nitrogens with one attached hydrogen (secondary N) is 1. The molecule has 3 heterocycles. The van der Waals surface area contributed by atoms with Crippen LogP contribution in [0.2, 0.25) is 0 Å². The summed E-state index contributed by atoms with van der Waals surface area (Å²) in [5.74, 6) is -0.219. The summed E-state index contributed by atoms with van der Waals surface area (Å²) in [6.45, 7) is 2.09. The van der Waals surface area contributed by atoms with E-state index in [1.54, 1.807) is 17.2 Å². The molecule has 27 heavy (non-hydrogen) atoms. The second-order valence-corrected chi connectivity index (χ2v) is 6.57. The summed E-state index contributed by atoms with van der Waals surface area (Å²) < 4.78 is 10.7. The molecule has 1 aliphatic rings. The molecule has 0 radical (unpaired) electrons. The van der Waals surface area contributed by atoms with E-state index in [1.807, 2.05) is 18.2 Å². The Labute approximate surface area is 158 Å². The highest BCUT2D eigenvalue weighted by molar-refractivity contribution is 5.94. The largest absolute Gasteiger partial charge is 0.472 e. The standard InChI is InChI=1S/C20H25N3O4/c24-19(22-10-6-17-4-1-2-9-21-17)7-11-23(14-18-5-3-12-27-18)20(25)16-8-13-26-15-16/h1-2,4,8-9,13,15,18H,3,5-7,10-12,14H2,(H,22,24). The van der Waals surface area contributed by atoms with Crippen molar-refractivity contribution >= 4 is 11.8 Å². The van der Waals surface area contributed by atoms with Gasteiger partial charge in [0.05, 0.1) is 17.9 Å². The van der Waals surface area contributed by atoms with Crippen molar-refractivity contribution in [1.29, 1.82) is 0 Å². The van der Waals surface area contributed by atoms with Gasteiger partial charge < -0.3 is 19.4 Å². The van der Waals surface area contributed by atoms with Gasteiger partial charge in [0.15, 0.2) is 0 Å². The van der Waals surface area contributed by atoms with Gasteiger partial charge in [0.25, 0.3) is 5.91 Å². The molecule has 1 saturated heterocycles. The first-order chi connectivity index (χ1) is 13.2. The molecule has 1 aliphatic heterocycles. The van der Waals surface area contributed by atoms with E-state index >= 15 is 0 Å². The summed E-state index contributed by atoms with van der Waals surface area (Å²) in [5, 5.41) is 2.89. The fourth-order valence-corrected chi connectivity index (χ4v) is 3.08. The van der Waals surface area contributed by atoms with Crippen LogP contribution >= 0.6 is 0 Å². The van der Waals surface area contributed by atoms with E-state index in [9.17, 15) is 9.59 Å². The summed E-state index contributed by atoms with van der Waals surface area (Å²) >= 11 is 0. The second-order valence-electron chi connectivity index (χ2n) is 6.57. The summed E-state index contributed by atoms with van der Waals surface area (Å²) in [4.78, 5) is 30.8. The van der Waals surface area contributed by atoms with E-state index in [0.717, 1.165) is 25.1 Å². The number of nitrogens with zero attached hydrogens (tertiary/aromatic N) is 2. The van der Waals surface area contributed by atoms with Crippen molar-refractivity contribution in [1.82, 2.24) is 15.2 Å². The first-order valence-corrected chi connectivity index (χ1v) is 9.32. The van der Waals surface area contributed by atoms with E-state index in [1.165, 1.54) is 12.5 Å². The van der Waals surface area contributed by atoms with Crippen molar-refractivity contribution in [2.75, 3.05) is 26.2 Å². The van der Waals surface area contributed by atoms with Gasteiger partial charge in [-0.3, -0.25) is 14.6 Å². The van der Waals surface area contributed by atoms with Gasteiger partial charge in [0.2, 0.25) is 5.91 Å². The topological polar surface area (TPSA) is 84.7 Å². The van der Waals surface area contributed by atoms with E-state index < -0.39 is 0 Å². The van der Waals surface area contributed by atoms with Crippen LogP contribution < -0.4 is 5.32 Å². The molecule has 3 rings (SSSR count). The Bertz CT molecular complexity index is 712. The molecule has 2 amide bonds. The van der Waals surface area contributed by atoms with Gasteiger partial charge >= 0.3 is 0 Å². The molecule has 0 bridgehead atoms. The number of rotatable bonds is 9. The van der Waals surface area contributed by atoms with Gasteiger partial charge in [-0.25, -0.2) is 0 Å². The Morgan fingerprint density at radius 1 is 1.30 bits per heavy atom. The van der Waals surface area contributed by atoms with Crippen molar-refractivity contribution in [3.05, 3.63) is 54.2 Å². The van der Waals surface area contributed by atoms with E-state index in [0.29, 0.717) is 31.6 Å². The van der Waals surface area contributed by atoms with Crippen LogP contribution in [0.1, 0.15) is 35.3 Å². The number of hydrogen-bond acceptors (Lipinski definition) is 5. The molecule has 7 heteroatoms. The maximum atomic E-state index is 12.7. The first kappa shape index (κ1) is 19.1. The van der Waals surface area contributed by atoms with Crippen LogP contribution in [0.15, 0.2) is 47.4 Å². The van der Waals surface area contributed by atoms with Crippen LogP contribution in [0, 0.1) is 0 Å². The molecule has 1 unspecified atom stereocenters. The predicted octanol–water partition coefficient (Wildman–Crippen LogP) is 2.04. The lowest BCUT2D eigenvalue weighted by Crippen LogP contribution is -2.40. The summed E-state index contributed by atoms with van der Waals surface area (Å²) in [5.41, 5.74) is 1.43. The zero-order valence-electron chi connectivity index (χ0n) is 15.3. The number of carbonyl (C=O) groups excluding carboxylic acids is 2. The Morgan fingerprint density at radius 2 is 2.22 bits per heavy atom. The Balaban J connectivity index is 1.47. The van der Waals surface area contributed by atoms with Crippen LogP contribution in [-0.2, 0) is 16.0 Å². The second kappa shape index (κ2) is 9.87. The smallest absolute Gasteiger partial charge is 0.257 e. The minimum Gasteiger partial charge on any atom is -0.472 e. The minimum atomic E-state index is -0.138. The third-order valence-corrected chi connectivity index (χ3v) is 4.54. The normalized spacial score (nSPS) is 16.2. The van der Waals surface area contributed by atoms with E-state index in [-0.39, 0.29) is 24.3 Å². The Kier molecular flexibility index (Phi) is 6.98. The van der Waals surface area contributed by atoms with Crippen LogP contribution in [0.4, 0.5) is 0 Å². The van der Waals surface area contributed by atoms with Gasteiger partial charge in [-0.05, 0) is 31.0 Å². The van der Waals surface area contributed by atoms with Crippen molar-refractivity contribution in [3.8, 4) is 0 Å². The molecular formula is C20H25N3O4. The van der Waals surface area contributed by atoms with E-state index in [4.69, 9.17) is 9.15 Å². The predicted molar refractivity (Wildman–Crippen MR) is 99.2 cm³/mol. The highest BCUT2D eigenvalue weighted by atomic mass is 16.5. The van der Waals surface area contributed by atoms with Crippen LogP contribution in [0.25, 0.3) is 0 Å². The summed E-state index contributed by atoms with van der Waals surface area (Å²) in [6, 6.07) is 7.35. The molecule has 0 aromatic carbocycles. The first-order valence-electron chi connectivity index (χ1n) is 9.32. The molecule has 1 fully saturated rings.